The number of likely N-dealkylation sites (tertiary alicyclic amines) is 1. The summed E-state index contributed by atoms with van der Waals surface area (Å²) in [4.78, 5) is 24.7. The summed E-state index contributed by atoms with van der Waals surface area (Å²) in [6.07, 6.45) is 2.19. The van der Waals surface area contributed by atoms with Crippen LogP contribution in [0.1, 0.15) is 27.2 Å². The van der Waals surface area contributed by atoms with Crippen LogP contribution in [0.5, 0.6) is 0 Å². The number of carbonyl (C=O) groups excluding carboxylic acids is 2. The number of hydrogen-bond donors (Lipinski definition) is 0. The van der Waals surface area contributed by atoms with Crippen LogP contribution >= 0.6 is 0 Å². The summed E-state index contributed by atoms with van der Waals surface area (Å²) in [5, 5.41) is 0. The maximum Gasteiger partial charge on any atom is 0.410 e. The average Bonchev–Trinajstić information content (AvgIpc) is 2.26. The summed E-state index contributed by atoms with van der Waals surface area (Å²) >= 11 is 0. The summed E-state index contributed by atoms with van der Waals surface area (Å²) in [5.41, 5.74) is -0.515. The van der Waals surface area contributed by atoms with Gasteiger partial charge in [0.15, 0.2) is 0 Å². The molecular weight excluding hydrogens is 406 g/mol. The topological polar surface area (TPSA) is 55.8 Å². The van der Waals surface area contributed by atoms with Gasteiger partial charge in [-0.3, -0.25) is 4.79 Å². The van der Waals surface area contributed by atoms with Crippen LogP contribution in [0.3, 0.4) is 0 Å². The Hall–Kier alpha value is -0.572. The Morgan fingerprint density at radius 1 is 1.33 bits per heavy atom. The molecule has 1 atom stereocenters. The molecule has 0 aromatic heterocycles. The number of methoxy groups -OCH3 is 1. The fourth-order valence-corrected chi connectivity index (χ4v) is 1.65. The third-order valence-electron chi connectivity index (χ3n) is 2.42. The molecule has 1 heterocycles. The summed E-state index contributed by atoms with van der Waals surface area (Å²) < 4.78 is 9.93. The second-order valence-corrected chi connectivity index (χ2v) is 5.08. The molecule has 5 nitrogen and oxygen atoms in total. The molecule has 1 fully saturated rings. The summed E-state index contributed by atoms with van der Waals surface area (Å²) in [6, 6.07) is 0. The van der Waals surface area contributed by atoms with Crippen molar-refractivity contribution in [3.8, 4) is 0 Å². The molecule has 0 saturated carbocycles. The van der Waals surface area contributed by atoms with Gasteiger partial charge in [-0.25, -0.2) is 4.79 Å². The number of hydrogen-bond acceptors (Lipinski definition) is 4. The molecule has 1 rings (SSSR count). The van der Waals surface area contributed by atoms with Crippen molar-refractivity contribution in [3.63, 3.8) is 0 Å². The van der Waals surface area contributed by atoms with Crippen LogP contribution in [-0.4, -0.2) is 42.8 Å². The molecule has 0 radical (unpaired) electrons. The average molecular weight is 426 g/mol. The molecule has 1 aliphatic rings. The van der Waals surface area contributed by atoms with Gasteiger partial charge in [-0.05, 0) is 33.2 Å². The molecular formula is C12H20NO4W-. The van der Waals surface area contributed by atoms with E-state index in [0.717, 1.165) is 0 Å². The first-order valence-electron chi connectivity index (χ1n) is 5.72. The van der Waals surface area contributed by atoms with Crippen molar-refractivity contribution < 1.29 is 40.1 Å². The second-order valence-electron chi connectivity index (χ2n) is 5.08. The SMILES string of the molecule is COC(=O)[C@H]1[CH-]CCN(C(=O)OC(C)(C)C)C1.[W]. The molecule has 0 unspecified atom stereocenters. The zero-order chi connectivity index (χ0) is 13.1. The normalized spacial score (nSPS) is 19.8. The van der Waals surface area contributed by atoms with E-state index < -0.39 is 5.60 Å². The Balaban J connectivity index is 0.00000289. The molecule has 1 amide bonds. The largest absolute Gasteiger partial charge is 0.471 e. The van der Waals surface area contributed by atoms with E-state index in [4.69, 9.17) is 4.74 Å². The minimum atomic E-state index is -0.515. The van der Waals surface area contributed by atoms with Gasteiger partial charge in [0.1, 0.15) is 5.60 Å². The molecule has 1 aliphatic heterocycles. The van der Waals surface area contributed by atoms with Crippen LogP contribution < -0.4 is 0 Å². The van der Waals surface area contributed by atoms with Crippen LogP contribution in [0.2, 0.25) is 0 Å². The van der Waals surface area contributed by atoms with Gasteiger partial charge in [0, 0.05) is 27.6 Å². The van der Waals surface area contributed by atoms with Gasteiger partial charge >= 0.3 is 6.09 Å². The van der Waals surface area contributed by atoms with Crippen molar-refractivity contribution in [1.29, 1.82) is 0 Å². The molecule has 1 saturated heterocycles. The quantitative estimate of drug-likeness (QED) is 0.473. The van der Waals surface area contributed by atoms with Crippen LogP contribution in [0.25, 0.3) is 0 Å². The second kappa shape index (κ2) is 7.12. The maximum absolute atomic E-state index is 11.8. The van der Waals surface area contributed by atoms with Crippen LogP contribution in [0.15, 0.2) is 0 Å². The Morgan fingerprint density at radius 2 is 1.94 bits per heavy atom. The van der Waals surface area contributed by atoms with Gasteiger partial charge in [0.2, 0.25) is 0 Å². The number of ether oxygens (including phenoxy) is 2. The summed E-state index contributed by atoms with van der Waals surface area (Å²) in [6.45, 7) is 6.38. The van der Waals surface area contributed by atoms with Gasteiger partial charge < -0.3 is 20.8 Å². The first-order valence-corrected chi connectivity index (χ1v) is 5.72. The maximum atomic E-state index is 11.8. The van der Waals surface area contributed by atoms with Crippen molar-refractivity contribution in [1.82, 2.24) is 4.90 Å². The van der Waals surface area contributed by atoms with E-state index >= 15 is 0 Å². The van der Waals surface area contributed by atoms with Gasteiger partial charge in [0.25, 0.3) is 5.97 Å². The molecule has 0 bridgehead atoms. The monoisotopic (exact) mass is 426 g/mol. The fourth-order valence-electron chi connectivity index (χ4n) is 1.65. The third kappa shape index (κ3) is 5.38. The fraction of sp³-hybridized carbons (Fsp3) is 0.750. The number of piperidine rings is 1. The van der Waals surface area contributed by atoms with E-state index in [1.807, 2.05) is 27.2 Å². The third-order valence-corrected chi connectivity index (χ3v) is 2.42. The summed E-state index contributed by atoms with van der Waals surface area (Å²) in [5.74, 6) is -0.653. The Morgan fingerprint density at radius 3 is 2.44 bits per heavy atom. The molecule has 0 aromatic carbocycles. The Labute approximate surface area is 122 Å². The molecule has 0 aromatic rings. The number of nitrogens with zero attached hydrogens (tertiary/aromatic N) is 1. The minimum absolute atomic E-state index is 0. The van der Waals surface area contributed by atoms with Crippen molar-refractivity contribution in [2.75, 3.05) is 20.2 Å². The number of amides is 1. The number of esters is 1. The predicted octanol–water partition coefficient (Wildman–Crippen LogP) is 1.62. The van der Waals surface area contributed by atoms with Gasteiger partial charge in [-0.1, -0.05) is 0 Å². The van der Waals surface area contributed by atoms with E-state index in [9.17, 15) is 9.59 Å². The first-order chi connectivity index (χ1) is 7.83. The smallest absolute Gasteiger partial charge is 0.410 e. The van der Waals surface area contributed by atoms with Gasteiger partial charge in [-0.15, -0.1) is 0 Å². The van der Waals surface area contributed by atoms with E-state index in [-0.39, 0.29) is 39.0 Å². The molecule has 18 heavy (non-hydrogen) atoms. The van der Waals surface area contributed by atoms with Crippen LogP contribution in [-0.2, 0) is 35.3 Å². The Kier molecular flexibility index (Phi) is 6.90. The predicted molar refractivity (Wildman–Crippen MR) is 62.2 cm³/mol. The van der Waals surface area contributed by atoms with Gasteiger partial charge in [0.05, 0.1) is 7.11 Å². The van der Waals surface area contributed by atoms with Crippen LogP contribution in [0, 0.1) is 12.3 Å². The number of rotatable bonds is 1. The minimum Gasteiger partial charge on any atom is -0.471 e. The molecule has 0 spiro atoms. The number of carbonyl (C=O) groups is 2. The standard InChI is InChI=1S/C12H20NO4.W/c1-12(2,3)17-11(15)13-7-5-6-9(8-13)10(14)16-4;/h6,9H,5,7-8H2,1-4H3;/q-1;/t9-;/m0./s1. The van der Waals surface area contributed by atoms with E-state index in [1.165, 1.54) is 7.11 Å². The van der Waals surface area contributed by atoms with Crippen molar-refractivity contribution in [2.24, 2.45) is 5.92 Å². The van der Waals surface area contributed by atoms with Crippen LogP contribution in [0.4, 0.5) is 4.79 Å². The van der Waals surface area contributed by atoms with E-state index in [0.29, 0.717) is 19.5 Å². The molecule has 104 valence electrons. The Bertz CT molecular complexity index is 301. The van der Waals surface area contributed by atoms with Crippen molar-refractivity contribution in [2.45, 2.75) is 32.8 Å². The molecule has 0 aliphatic carbocycles. The summed E-state index contributed by atoms with van der Waals surface area (Å²) in [7, 11) is 1.35. The van der Waals surface area contributed by atoms with Crippen molar-refractivity contribution >= 4 is 12.1 Å². The zero-order valence-corrected chi connectivity index (χ0v) is 14.2. The first kappa shape index (κ1) is 17.4. The molecule has 0 N–H and O–H groups in total. The van der Waals surface area contributed by atoms with E-state index in [1.54, 1.807) is 4.90 Å². The van der Waals surface area contributed by atoms with Crippen molar-refractivity contribution in [3.05, 3.63) is 6.42 Å². The van der Waals surface area contributed by atoms with Gasteiger partial charge in [-0.2, -0.15) is 6.42 Å². The van der Waals surface area contributed by atoms with E-state index in [2.05, 4.69) is 4.74 Å². The zero-order valence-electron chi connectivity index (χ0n) is 11.3. The molecule has 6 heteroatoms.